The summed E-state index contributed by atoms with van der Waals surface area (Å²) in [6.45, 7) is 2.04. The Morgan fingerprint density at radius 1 is 1.29 bits per heavy atom. The maximum Gasteiger partial charge on any atom is 0.337 e. The van der Waals surface area contributed by atoms with E-state index in [2.05, 4.69) is 16.4 Å². The Balaban J connectivity index is 1.91. The topological polar surface area (TPSA) is 88.2 Å². The summed E-state index contributed by atoms with van der Waals surface area (Å²) in [6.07, 6.45) is 0. The zero-order chi connectivity index (χ0) is 15.0. The maximum absolute atomic E-state index is 10.9. The van der Waals surface area contributed by atoms with Crippen molar-refractivity contribution in [3.63, 3.8) is 0 Å². The number of benzene rings is 2. The van der Waals surface area contributed by atoms with E-state index >= 15 is 0 Å². The molecule has 0 amide bonds. The van der Waals surface area contributed by atoms with Gasteiger partial charge in [0.2, 0.25) is 0 Å². The molecule has 1 aromatic heterocycles. The van der Waals surface area contributed by atoms with Gasteiger partial charge in [0.25, 0.3) is 0 Å². The predicted octanol–water partition coefficient (Wildman–Crippen LogP) is 3.63. The number of nitrogens with zero attached hydrogens (tertiary/aromatic N) is 1. The van der Waals surface area contributed by atoms with Crippen LogP contribution in [0.15, 0.2) is 36.4 Å². The SMILES string of the molecule is Cc1ccc2nc(Nc3ccc(C(=O)O)c(N)c3)sc2c1. The van der Waals surface area contributed by atoms with Crippen LogP contribution in [0, 0.1) is 6.92 Å². The fourth-order valence-corrected chi connectivity index (χ4v) is 3.03. The highest BCUT2D eigenvalue weighted by Gasteiger charge is 2.09. The van der Waals surface area contributed by atoms with Gasteiger partial charge in [-0.05, 0) is 42.8 Å². The predicted molar refractivity (Wildman–Crippen MR) is 85.5 cm³/mol. The number of carbonyl (C=O) groups is 1. The Bertz CT molecular complexity index is 842. The van der Waals surface area contributed by atoms with E-state index in [-0.39, 0.29) is 11.3 Å². The van der Waals surface area contributed by atoms with Crippen molar-refractivity contribution in [2.75, 3.05) is 11.1 Å². The normalized spacial score (nSPS) is 10.7. The number of fused-ring (bicyclic) bond motifs is 1. The smallest absolute Gasteiger partial charge is 0.337 e. The molecule has 106 valence electrons. The van der Waals surface area contributed by atoms with Gasteiger partial charge >= 0.3 is 5.97 Å². The molecule has 0 atom stereocenters. The molecule has 0 aliphatic carbocycles. The number of thiazole rings is 1. The summed E-state index contributed by atoms with van der Waals surface area (Å²) in [5.41, 5.74) is 8.89. The lowest BCUT2D eigenvalue weighted by Crippen LogP contribution is -2.02. The quantitative estimate of drug-likeness (QED) is 0.643. The fraction of sp³-hybridized carbons (Fsp3) is 0.0667. The second kappa shape index (κ2) is 5.06. The van der Waals surface area contributed by atoms with Crippen molar-refractivity contribution in [3.05, 3.63) is 47.5 Å². The molecule has 0 aliphatic rings. The Labute approximate surface area is 125 Å². The van der Waals surface area contributed by atoms with Crippen LogP contribution >= 0.6 is 11.3 Å². The Hall–Kier alpha value is -2.60. The van der Waals surface area contributed by atoms with Crippen molar-refractivity contribution < 1.29 is 9.90 Å². The zero-order valence-corrected chi connectivity index (χ0v) is 12.1. The van der Waals surface area contributed by atoms with E-state index < -0.39 is 5.97 Å². The van der Waals surface area contributed by atoms with Crippen LogP contribution in [0.25, 0.3) is 10.2 Å². The monoisotopic (exact) mass is 299 g/mol. The molecular weight excluding hydrogens is 286 g/mol. The third-order valence-corrected chi connectivity index (χ3v) is 4.01. The van der Waals surface area contributed by atoms with Crippen molar-refractivity contribution in [2.24, 2.45) is 0 Å². The highest BCUT2D eigenvalue weighted by molar-refractivity contribution is 7.22. The van der Waals surface area contributed by atoms with Crippen molar-refractivity contribution in [3.8, 4) is 0 Å². The van der Waals surface area contributed by atoms with E-state index in [4.69, 9.17) is 10.8 Å². The molecule has 0 saturated carbocycles. The first-order chi connectivity index (χ1) is 10.0. The van der Waals surface area contributed by atoms with Crippen LogP contribution in [0.4, 0.5) is 16.5 Å². The maximum atomic E-state index is 10.9. The number of hydrogen-bond donors (Lipinski definition) is 3. The Morgan fingerprint density at radius 3 is 2.81 bits per heavy atom. The van der Waals surface area contributed by atoms with E-state index in [0.717, 1.165) is 15.3 Å². The molecule has 0 spiro atoms. The number of aromatic nitrogens is 1. The van der Waals surface area contributed by atoms with Gasteiger partial charge in [-0.15, -0.1) is 0 Å². The van der Waals surface area contributed by atoms with Crippen LogP contribution in [0.3, 0.4) is 0 Å². The third-order valence-electron chi connectivity index (χ3n) is 3.08. The number of carboxylic acid groups (broad SMARTS) is 1. The molecule has 4 N–H and O–H groups in total. The average molecular weight is 299 g/mol. The van der Waals surface area contributed by atoms with Crippen molar-refractivity contribution in [1.29, 1.82) is 0 Å². The van der Waals surface area contributed by atoms with Crippen LogP contribution in [0.2, 0.25) is 0 Å². The van der Waals surface area contributed by atoms with Crippen LogP contribution in [-0.2, 0) is 0 Å². The average Bonchev–Trinajstić information content (AvgIpc) is 2.79. The van der Waals surface area contributed by atoms with E-state index in [9.17, 15) is 4.79 Å². The summed E-state index contributed by atoms with van der Waals surface area (Å²) in [5.74, 6) is -1.03. The number of carboxylic acids is 1. The molecule has 1 heterocycles. The molecule has 0 fully saturated rings. The zero-order valence-electron chi connectivity index (χ0n) is 11.3. The van der Waals surface area contributed by atoms with Crippen LogP contribution in [-0.4, -0.2) is 16.1 Å². The molecule has 3 rings (SSSR count). The van der Waals surface area contributed by atoms with Crippen molar-refractivity contribution in [2.45, 2.75) is 6.92 Å². The highest BCUT2D eigenvalue weighted by atomic mass is 32.1. The molecule has 6 heteroatoms. The molecule has 0 radical (unpaired) electrons. The molecule has 0 bridgehead atoms. The minimum atomic E-state index is -1.03. The van der Waals surface area contributed by atoms with Gasteiger partial charge in [-0.2, -0.15) is 0 Å². The van der Waals surface area contributed by atoms with Gasteiger partial charge in [0.15, 0.2) is 5.13 Å². The van der Waals surface area contributed by atoms with Crippen molar-refractivity contribution >= 4 is 44.0 Å². The summed E-state index contributed by atoms with van der Waals surface area (Å²) in [5, 5.41) is 12.9. The number of nitrogen functional groups attached to an aromatic ring is 1. The number of nitrogens with one attached hydrogen (secondary N) is 1. The van der Waals surface area contributed by atoms with Crippen molar-refractivity contribution in [1.82, 2.24) is 4.98 Å². The van der Waals surface area contributed by atoms with Crippen LogP contribution in [0.5, 0.6) is 0 Å². The molecule has 5 nitrogen and oxygen atoms in total. The minimum Gasteiger partial charge on any atom is -0.478 e. The second-order valence-corrected chi connectivity index (χ2v) is 5.75. The van der Waals surface area contributed by atoms with E-state index in [1.54, 1.807) is 23.5 Å². The summed E-state index contributed by atoms with van der Waals surface area (Å²) in [7, 11) is 0. The standard InChI is InChI=1S/C15H13N3O2S/c1-8-2-5-12-13(6-8)21-15(18-12)17-9-3-4-10(14(19)20)11(16)7-9/h2-7H,16H2,1H3,(H,17,18)(H,19,20). The lowest BCUT2D eigenvalue weighted by atomic mass is 10.1. The summed E-state index contributed by atoms with van der Waals surface area (Å²) in [4.78, 5) is 15.4. The molecular formula is C15H13N3O2S. The third kappa shape index (κ3) is 2.66. The summed E-state index contributed by atoms with van der Waals surface area (Å²) < 4.78 is 1.10. The first kappa shape index (κ1) is 13.4. The first-order valence-corrected chi connectivity index (χ1v) is 7.11. The van der Waals surface area contributed by atoms with E-state index in [1.807, 2.05) is 19.1 Å². The van der Waals surface area contributed by atoms with Gasteiger partial charge in [-0.3, -0.25) is 0 Å². The molecule has 2 aromatic carbocycles. The fourth-order valence-electron chi connectivity index (χ4n) is 2.04. The Morgan fingerprint density at radius 2 is 2.10 bits per heavy atom. The van der Waals surface area contributed by atoms with Crippen LogP contribution < -0.4 is 11.1 Å². The molecule has 3 aromatic rings. The van der Waals surface area contributed by atoms with Crippen LogP contribution in [0.1, 0.15) is 15.9 Å². The largest absolute Gasteiger partial charge is 0.478 e. The lowest BCUT2D eigenvalue weighted by Gasteiger charge is -2.05. The molecule has 0 saturated heterocycles. The van der Waals surface area contributed by atoms with E-state index in [1.165, 1.54) is 11.6 Å². The number of anilines is 3. The number of hydrogen-bond acceptors (Lipinski definition) is 5. The van der Waals surface area contributed by atoms with Gasteiger partial charge in [0.1, 0.15) is 0 Å². The van der Waals surface area contributed by atoms with Gasteiger partial charge in [-0.25, -0.2) is 9.78 Å². The van der Waals surface area contributed by atoms with Gasteiger partial charge in [-0.1, -0.05) is 17.4 Å². The second-order valence-electron chi connectivity index (χ2n) is 4.72. The molecule has 0 unspecified atom stereocenters. The first-order valence-electron chi connectivity index (χ1n) is 6.30. The minimum absolute atomic E-state index is 0.0977. The lowest BCUT2D eigenvalue weighted by molar-refractivity contribution is 0.0698. The van der Waals surface area contributed by atoms with Gasteiger partial charge in [0, 0.05) is 11.4 Å². The number of rotatable bonds is 3. The molecule has 0 aliphatic heterocycles. The number of aromatic carboxylic acids is 1. The Kier molecular flexibility index (Phi) is 3.23. The highest BCUT2D eigenvalue weighted by Crippen LogP contribution is 2.29. The number of aryl methyl sites for hydroxylation is 1. The van der Waals surface area contributed by atoms with Gasteiger partial charge in [0.05, 0.1) is 15.8 Å². The summed E-state index contributed by atoms with van der Waals surface area (Å²) >= 11 is 1.54. The number of nitrogens with two attached hydrogens (primary N) is 1. The molecule has 21 heavy (non-hydrogen) atoms. The van der Waals surface area contributed by atoms with Gasteiger partial charge < -0.3 is 16.2 Å². The summed E-state index contributed by atoms with van der Waals surface area (Å²) in [6, 6.07) is 10.8. The van der Waals surface area contributed by atoms with E-state index in [0.29, 0.717) is 5.69 Å².